The molecule has 1 heterocycles. The highest BCUT2D eigenvalue weighted by molar-refractivity contribution is 5.91. The summed E-state index contributed by atoms with van der Waals surface area (Å²) in [7, 11) is 0. The van der Waals surface area contributed by atoms with Crippen molar-refractivity contribution in [2.45, 2.75) is 26.3 Å². The van der Waals surface area contributed by atoms with Gasteiger partial charge in [-0.1, -0.05) is 31.5 Å². The Hall–Kier alpha value is -2.30. The van der Waals surface area contributed by atoms with Gasteiger partial charge in [0, 0.05) is 11.9 Å². The van der Waals surface area contributed by atoms with Crippen LogP contribution in [0.1, 0.15) is 18.9 Å². The Kier molecular flexibility index (Phi) is 4.18. The second-order valence-corrected chi connectivity index (χ2v) is 4.43. The molecule has 0 saturated heterocycles. The first-order chi connectivity index (χ1) is 9.19. The summed E-state index contributed by atoms with van der Waals surface area (Å²) in [5, 5.41) is 6.90. The number of anilines is 2. The highest BCUT2D eigenvalue weighted by atomic mass is 16.2. The molecule has 0 aliphatic heterocycles. The van der Waals surface area contributed by atoms with Crippen molar-refractivity contribution in [2.24, 2.45) is 0 Å². The third-order valence-electron chi connectivity index (χ3n) is 2.77. The SMILES string of the molecule is CCCc1ccccc1NC(=O)Cn1cc(N)cn1. The van der Waals surface area contributed by atoms with E-state index in [-0.39, 0.29) is 12.5 Å². The molecule has 2 rings (SSSR count). The van der Waals surface area contributed by atoms with Crippen molar-refractivity contribution < 1.29 is 4.79 Å². The van der Waals surface area contributed by atoms with Gasteiger partial charge in [-0.2, -0.15) is 5.10 Å². The first-order valence-electron chi connectivity index (χ1n) is 6.34. The van der Waals surface area contributed by atoms with E-state index in [1.807, 2.05) is 24.3 Å². The van der Waals surface area contributed by atoms with Gasteiger partial charge in [-0.05, 0) is 18.1 Å². The molecule has 3 N–H and O–H groups in total. The van der Waals surface area contributed by atoms with Crippen molar-refractivity contribution in [1.29, 1.82) is 0 Å². The third kappa shape index (κ3) is 3.58. The summed E-state index contributed by atoms with van der Waals surface area (Å²) in [6.45, 7) is 2.28. The summed E-state index contributed by atoms with van der Waals surface area (Å²) in [6, 6.07) is 7.85. The highest BCUT2D eigenvalue weighted by Gasteiger charge is 2.07. The Morgan fingerprint density at radius 2 is 2.21 bits per heavy atom. The predicted molar refractivity (Wildman–Crippen MR) is 75.7 cm³/mol. The van der Waals surface area contributed by atoms with Crippen LogP contribution in [0.2, 0.25) is 0 Å². The summed E-state index contributed by atoms with van der Waals surface area (Å²) in [6.07, 6.45) is 5.16. The van der Waals surface area contributed by atoms with Crippen LogP contribution in [-0.4, -0.2) is 15.7 Å². The Balaban J connectivity index is 2.02. The van der Waals surface area contributed by atoms with Crippen LogP contribution in [0, 0.1) is 0 Å². The number of carbonyl (C=O) groups is 1. The first kappa shape index (κ1) is 13.1. The molecule has 0 aliphatic carbocycles. The molecule has 1 amide bonds. The number of para-hydroxylation sites is 1. The fraction of sp³-hybridized carbons (Fsp3) is 0.286. The number of nitrogens with zero attached hydrogens (tertiary/aromatic N) is 2. The molecule has 0 spiro atoms. The minimum absolute atomic E-state index is 0.105. The van der Waals surface area contributed by atoms with Crippen molar-refractivity contribution in [1.82, 2.24) is 9.78 Å². The summed E-state index contributed by atoms with van der Waals surface area (Å²) in [5.74, 6) is -0.105. The van der Waals surface area contributed by atoms with Crippen LogP contribution in [0.15, 0.2) is 36.7 Å². The predicted octanol–water partition coefficient (Wildman–Crippen LogP) is 2.06. The van der Waals surface area contributed by atoms with Crippen molar-refractivity contribution in [3.05, 3.63) is 42.2 Å². The summed E-state index contributed by atoms with van der Waals surface area (Å²) >= 11 is 0. The maximum atomic E-state index is 11.9. The molecule has 5 heteroatoms. The molecule has 100 valence electrons. The van der Waals surface area contributed by atoms with Gasteiger partial charge in [-0.3, -0.25) is 9.48 Å². The van der Waals surface area contributed by atoms with E-state index in [9.17, 15) is 4.79 Å². The average Bonchev–Trinajstić information content (AvgIpc) is 2.77. The van der Waals surface area contributed by atoms with Crippen molar-refractivity contribution >= 4 is 17.3 Å². The number of hydrogen-bond acceptors (Lipinski definition) is 3. The van der Waals surface area contributed by atoms with Crippen LogP contribution in [0.3, 0.4) is 0 Å². The van der Waals surface area contributed by atoms with E-state index in [0.29, 0.717) is 5.69 Å². The van der Waals surface area contributed by atoms with Gasteiger partial charge >= 0.3 is 0 Å². The molecular weight excluding hydrogens is 240 g/mol. The van der Waals surface area contributed by atoms with Crippen molar-refractivity contribution in [3.8, 4) is 0 Å². The molecule has 1 aromatic carbocycles. The van der Waals surface area contributed by atoms with E-state index in [4.69, 9.17) is 5.73 Å². The lowest BCUT2D eigenvalue weighted by molar-refractivity contribution is -0.116. The summed E-state index contributed by atoms with van der Waals surface area (Å²) < 4.78 is 1.52. The number of carbonyl (C=O) groups excluding carboxylic acids is 1. The zero-order chi connectivity index (χ0) is 13.7. The molecule has 5 nitrogen and oxygen atoms in total. The number of nitrogen functional groups attached to an aromatic ring is 1. The maximum absolute atomic E-state index is 11.9. The molecule has 0 fully saturated rings. The monoisotopic (exact) mass is 258 g/mol. The van der Waals surface area contributed by atoms with Crippen LogP contribution in [0.5, 0.6) is 0 Å². The topological polar surface area (TPSA) is 72.9 Å². The first-order valence-corrected chi connectivity index (χ1v) is 6.34. The Morgan fingerprint density at radius 3 is 2.89 bits per heavy atom. The van der Waals surface area contributed by atoms with Crippen LogP contribution >= 0.6 is 0 Å². The highest BCUT2D eigenvalue weighted by Crippen LogP contribution is 2.16. The second-order valence-electron chi connectivity index (χ2n) is 4.43. The lowest BCUT2D eigenvalue weighted by atomic mass is 10.1. The van der Waals surface area contributed by atoms with Crippen molar-refractivity contribution in [3.63, 3.8) is 0 Å². The van der Waals surface area contributed by atoms with Gasteiger partial charge in [0.25, 0.3) is 0 Å². The van der Waals surface area contributed by atoms with E-state index in [2.05, 4.69) is 17.3 Å². The summed E-state index contributed by atoms with van der Waals surface area (Å²) in [5.41, 5.74) is 8.13. The Morgan fingerprint density at radius 1 is 1.42 bits per heavy atom. The molecule has 0 atom stereocenters. The lowest BCUT2D eigenvalue weighted by Crippen LogP contribution is -2.19. The lowest BCUT2D eigenvalue weighted by Gasteiger charge is -2.10. The fourth-order valence-electron chi connectivity index (χ4n) is 1.93. The Bertz CT molecular complexity index is 562. The summed E-state index contributed by atoms with van der Waals surface area (Å²) in [4.78, 5) is 11.9. The van der Waals surface area contributed by atoms with Crippen LogP contribution in [0.4, 0.5) is 11.4 Å². The smallest absolute Gasteiger partial charge is 0.246 e. The van der Waals surface area contributed by atoms with Gasteiger partial charge in [0.05, 0.1) is 11.9 Å². The van der Waals surface area contributed by atoms with Crippen LogP contribution in [-0.2, 0) is 17.8 Å². The number of nitrogens with one attached hydrogen (secondary N) is 1. The largest absolute Gasteiger partial charge is 0.396 e. The van der Waals surface area contributed by atoms with E-state index < -0.39 is 0 Å². The normalized spacial score (nSPS) is 10.4. The number of nitrogens with two attached hydrogens (primary N) is 1. The van der Waals surface area contributed by atoms with Gasteiger partial charge in [0.2, 0.25) is 5.91 Å². The number of aryl methyl sites for hydroxylation is 1. The molecule has 0 bridgehead atoms. The van der Waals surface area contributed by atoms with Gasteiger partial charge in [0.1, 0.15) is 6.54 Å². The number of aromatic nitrogens is 2. The maximum Gasteiger partial charge on any atom is 0.246 e. The fourth-order valence-corrected chi connectivity index (χ4v) is 1.93. The van der Waals surface area contributed by atoms with E-state index in [0.717, 1.165) is 24.1 Å². The molecule has 0 saturated carbocycles. The Labute approximate surface area is 112 Å². The number of rotatable bonds is 5. The molecule has 0 aliphatic rings. The van der Waals surface area contributed by atoms with Gasteiger partial charge < -0.3 is 11.1 Å². The van der Waals surface area contributed by atoms with Crippen molar-refractivity contribution in [2.75, 3.05) is 11.1 Å². The van der Waals surface area contributed by atoms with Crippen LogP contribution in [0.25, 0.3) is 0 Å². The minimum Gasteiger partial charge on any atom is -0.396 e. The zero-order valence-electron chi connectivity index (χ0n) is 11.0. The molecular formula is C14H18N4O. The number of amides is 1. The minimum atomic E-state index is -0.105. The standard InChI is InChI=1S/C14H18N4O/c1-2-5-11-6-3-4-7-13(11)17-14(19)10-18-9-12(15)8-16-18/h3-4,6-9H,2,5,10,15H2,1H3,(H,17,19). The van der Waals surface area contributed by atoms with E-state index >= 15 is 0 Å². The van der Waals surface area contributed by atoms with Crippen LogP contribution < -0.4 is 11.1 Å². The molecule has 2 aromatic rings. The zero-order valence-corrected chi connectivity index (χ0v) is 11.0. The number of hydrogen-bond donors (Lipinski definition) is 2. The molecule has 1 aromatic heterocycles. The molecule has 0 radical (unpaired) electrons. The van der Waals surface area contributed by atoms with Gasteiger partial charge in [0.15, 0.2) is 0 Å². The quantitative estimate of drug-likeness (QED) is 0.862. The molecule has 0 unspecified atom stereocenters. The molecule has 19 heavy (non-hydrogen) atoms. The third-order valence-corrected chi connectivity index (χ3v) is 2.77. The van der Waals surface area contributed by atoms with Gasteiger partial charge in [-0.15, -0.1) is 0 Å². The van der Waals surface area contributed by atoms with Gasteiger partial charge in [-0.25, -0.2) is 0 Å². The average molecular weight is 258 g/mol. The van der Waals surface area contributed by atoms with E-state index in [1.54, 1.807) is 6.20 Å². The second kappa shape index (κ2) is 6.04. The number of benzene rings is 1. The van der Waals surface area contributed by atoms with E-state index in [1.165, 1.54) is 10.9 Å².